The van der Waals surface area contributed by atoms with Gasteiger partial charge in [-0.1, -0.05) is 43.3 Å². The Hall–Kier alpha value is -2.22. The number of benzene rings is 2. The van der Waals surface area contributed by atoms with Gasteiger partial charge in [0.15, 0.2) is 0 Å². The van der Waals surface area contributed by atoms with Gasteiger partial charge in [-0.05, 0) is 41.7 Å². The zero-order chi connectivity index (χ0) is 20.3. The van der Waals surface area contributed by atoms with Crippen LogP contribution in [-0.2, 0) is 26.0 Å². The minimum absolute atomic E-state index is 0.00625. The average Bonchev–Trinajstić information content (AvgIpc) is 3.50. The highest BCUT2D eigenvalue weighted by molar-refractivity contribution is 7.89. The van der Waals surface area contributed by atoms with Crippen LogP contribution in [0.5, 0.6) is 0 Å². The van der Waals surface area contributed by atoms with E-state index in [-0.39, 0.29) is 11.0 Å². The molecule has 2 aromatic carbocycles. The molecule has 1 aliphatic rings. The summed E-state index contributed by atoms with van der Waals surface area (Å²) in [5.41, 5.74) is 2.64. The Morgan fingerprint density at radius 2 is 1.89 bits per heavy atom. The smallest absolute Gasteiger partial charge is 0.306 e. The van der Waals surface area contributed by atoms with Gasteiger partial charge < -0.3 is 9.84 Å². The summed E-state index contributed by atoms with van der Waals surface area (Å²) in [6.07, 6.45) is 1.05. The van der Waals surface area contributed by atoms with Crippen molar-refractivity contribution in [2.24, 2.45) is 5.92 Å². The van der Waals surface area contributed by atoms with Gasteiger partial charge in [-0.3, -0.25) is 4.79 Å². The molecule has 1 aliphatic heterocycles. The number of carboxylic acids is 1. The molecule has 1 saturated heterocycles. The van der Waals surface area contributed by atoms with Crippen LogP contribution < -0.4 is 0 Å². The van der Waals surface area contributed by atoms with Gasteiger partial charge in [0, 0.05) is 13.6 Å². The van der Waals surface area contributed by atoms with E-state index in [0.29, 0.717) is 26.0 Å². The molecule has 0 aromatic heterocycles. The summed E-state index contributed by atoms with van der Waals surface area (Å²) in [4.78, 5) is 11.5. The lowest BCUT2D eigenvalue weighted by atomic mass is 9.95. The maximum atomic E-state index is 12.8. The van der Waals surface area contributed by atoms with Gasteiger partial charge in [0.1, 0.15) is 0 Å². The first kappa shape index (κ1) is 20.5. The predicted molar refractivity (Wildman–Crippen MR) is 107 cm³/mol. The van der Waals surface area contributed by atoms with Crippen LogP contribution in [0.25, 0.3) is 11.1 Å². The van der Waals surface area contributed by atoms with Crippen molar-refractivity contribution in [2.75, 3.05) is 20.2 Å². The SMILES string of the molecule is CCC(Cc1ccc(-c2cccc(S(=O)(=O)N(C)CC3CO3)c2)cc1)C(=O)O. The summed E-state index contributed by atoms with van der Waals surface area (Å²) in [5.74, 6) is -1.18. The summed E-state index contributed by atoms with van der Waals surface area (Å²) in [6, 6.07) is 14.5. The lowest BCUT2D eigenvalue weighted by Gasteiger charge is -2.16. The molecular weight excluding hydrogens is 378 g/mol. The molecule has 1 fully saturated rings. The van der Waals surface area contributed by atoms with E-state index < -0.39 is 21.9 Å². The topological polar surface area (TPSA) is 87.2 Å². The Balaban J connectivity index is 1.79. The molecule has 6 nitrogen and oxygen atoms in total. The molecule has 2 unspecified atom stereocenters. The standard InChI is InChI=1S/C21H25NO5S/c1-3-16(21(23)24)11-15-7-9-17(10-8-15)18-5-4-6-20(12-18)28(25,26)22(2)13-19-14-27-19/h4-10,12,16,19H,3,11,13-14H2,1-2H3,(H,23,24). The molecule has 0 radical (unpaired) electrons. The van der Waals surface area contributed by atoms with Gasteiger partial charge in [-0.25, -0.2) is 8.42 Å². The lowest BCUT2D eigenvalue weighted by molar-refractivity contribution is -0.141. The number of hydrogen-bond acceptors (Lipinski definition) is 4. The van der Waals surface area contributed by atoms with Crippen molar-refractivity contribution in [2.45, 2.75) is 30.8 Å². The first-order chi connectivity index (χ1) is 13.3. The van der Waals surface area contributed by atoms with Crippen LogP contribution in [0.2, 0.25) is 0 Å². The van der Waals surface area contributed by atoms with Gasteiger partial charge in [-0.2, -0.15) is 4.31 Å². The molecule has 28 heavy (non-hydrogen) atoms. The van der Waals surface area contributed by atoms with E-state index in [1.165, 1.54) is 4.31 Å². The molecule has 2 aromatic rings. The van der Waals surface area contributed by atoms with Gasteiger partial charge in [-0.15, -0.1) is 0 Å². The number of sulfonamides is 1. The Labute approximate surface area is 165 Å². The number of carboxylic acid groups (broad SMARTS) is 1. The van der Waals surface area contributed by atoms with E-state index in [0.717, 1.165) is 16.7 Å². The van der Waals surface area contributed by atoms with Crippen LogP contribution in [0.15, 0.2) is 53.4 Å². The van der Waals surface area contributed by atoms with Crippen molar-refractivity contribution < 1.29 is 23.1 Å². The maximum absolute atomic E-state index is 12.8. The molecule has 3 rings (SSSR count). The van der Waals surface area contributed by atoms with E-state index in [1.807, 2.05) is 37.3 Å². The van der Waals surface area contributed by atoms with Crippen molar-refractivity contribution in [3.8, 4) is 11.1 Å². The van der Waals surface area contributed by atoms with Gasteiger partial charge >= 0.3 is 5.97 Å². The maximum Gasteiger partial charge on any atom is 0.306 e. The number of aliphatic carboxylic acids is 1. The van der Waals surface area contributed by atoms with Crippen molar-refractivity contribution >= 4 is 16.0 Å². The third-order valence-corrected chi connectivity index (χ3v) is 6.84. The Kier molecular flexibility index (Phi) is 6.17. The highest BCUT2D eigenvalue weighted by Gasteiger charge is 2.30. The highest BCUT2D eigenvalue weighted by Crippen LogP contribution is 2.26. The third kappa shape index (κ3) is 4.79. The number of rotatable bonds is 9. The number of carbonyl (C=O) groups is 1. The van der Waals surface area contributed by atoms with Crippen LogP contribution in [0, 0.1) is 5.92 Å². The van der Waals surface area contributed by atoms with E-state index >= 15 is 0 Å². The summed E-state index contributed by atoms with van der Waals surface area (Å²) < 4.78 is 32.0. The molecule has 0 amide bonds. The first-order valence-electron chi connectivity index (χ1n) is 9.31. The van der Waals surface area contributed by atoms with E-state index in [9.17, 15) is 18.3 Å². The van der Waals surface area contributed by atoms with E-state index in [1.54, 1.807) is 25.2 Å². The predicted octanol–water partition coefficient (Wildman–Crippen LogP) is 3.03. The quantitative estimate of drug-likeness (QED) is 0.651. The second-order valence-corrected chi connectivity index (χ2v) is 9.16. The minimum atomic E-state index is -3.57. The molecule has 2 atom stereocenters. The molecule has 1 N–H and O–H groups in total. The number of epoxide rings is 1. The highest BCUT2D eigenvalue weighted by atomic mass is 32.2. The first-order valence-corrected chi connectivity index (χ1v) is 10.8. The summed E-state index contributed by atoms with van der Waals surface area (Å²) in [6.45, 7) is 2.82. The number of ether oxygens (including phenoxy) is 1. The van der Waals surface area contributed by atoms with Crippen LogP contribution in [0.4, 0.5) is 0 Å². The van der Waals surface area contributed by atoms with Crippen LogP contribution in [0.3, 0.4) is 0 Å². The normalized spacial score (nSPS) is 17.5. The van der Waals surface area contributed by atoms with E-state index in [2.05, 4.69) is 0 Å². The fourth-order valence-electron chi connectivity index (χ4n) is 3.10. The Bertz CT molecular complexity index is 936. The molecule has 150 valence electrons. The van der Waals surface area contributed by atoms with Crippen LogP contribution in [-0.4, -0.2) is 50.1 Å². The van der Waals surface area contributed by atoms with Crippen molar-refractivity contribution in [3.05, 3.63) is 54.1 Å². The molecule has 0 bridgehead atoms. The van der Waals surface area contributed by atoms with Gasteiger partial charge in [0.2, 0.25) is 10.0 Å². The van der Waals surface area contributed by atoms with Crippen LogP contribution in [0.1, 0.15) is 18.9 Å². The second kappa shape index (κ2) is 8.43. The Morgan fingerprint density at radius 3 is 2.46 bits per heavy atom. The zero-order valence-corrected chi connectivity index (χ0v) is 16.9. The van der Waals surface area contributed by atoms with Crippen molar-refractivity contribution in [3.63, 3.8) is 0 Å². The van der Waals surface area contributed by atoms with Crippen molar-refractivity contribution in [1.82, 2.24) is 4.31 Å². The van der Waals surface area contributed by atoms with Crippen molar-refractivity contribution in [1.29, 1.82) is 0 Å². The molecule has 0 aliphatic carbocycles. The molecule has 1 heterocycles. The largest absolute Gasteiger partial charge is 0.481 e. The summed E-state index contributed by atoms with van der Waals surface area (Å²) in [5, 5.41) is 9.21. The van der Waals surface area contributed by atoms with Gasteiger partial charge in [0.05, 0.1) is 23.5 Å². The summed E-state index contributed by atoms with van der Waals surface area (Å²) in [7, 11) is -2.01. The third-order valence-electron chi connectivity index (χ3n) is 5.02. The number of likely N-dealkylation sites (N-methyl/N-ethyl adjacent to an activating group) is 1. The fourth-order valence-corrected chi connectivity index (χ4v) is 4.35. The minimum Gasteiger partial charge on any atom is -0.481 e. The van der Waals surface area contributed by atoms with E-state index in [4.69, 9.17) is 4.74 Å². The molecule has 0 spiro atoms. The Morgan fingerprint density at radius 1 is 1.21 bits per heavy atom. The summed E-state index contributed by atoms with van der Waals surface area (Å²) >= 11 is 0. The van der Waals surface area contributed by atoms with Gasteiger partial charge in [0.25, 0.3) is 0 Å². The lowest BCUT2D eigenvalue weighted by Crippen LogP contribution is -2.30. The van der Waals surface area contributed by atoms with Crippen LogP contribution >= 0.6 is 0 Å². The number of hydrogen-bond donors (Lipinski definition) is 1. The monoisotopic (exact) mass is 403 g/mol. The fraction of sp³-hybridized carbons (Fsp3) is 0.381. The molecular formula is C21H25NO5S. The molecule has 7 heteroatoms. The number of nitrogens with zero attached hydrogens (tertiary/aromatic N) is 1. The average molecular weight is 404 g/mol. The second-order valence-electron chi connectivity index (χ2n) is 7.11. The molecule has 0 saturated carbocycles. The zero-order valence-electron chi connectivity index (χ0n) is 16.0.